The van der Waals surface area contributed by atoms with E-state index in [1.54, 1.807) is 0 Å². The number of carbonyl (C=O) groups is 1. The average molecular weight is 211 g/mol. The van der Waals surface area contributed by atoms with Gasteiger partial charge >= 0.3 is 0 Å². The third kappa shape index (κ3) is 2.79. The van der Waals surface area contributed by atoms with E-state index in [-0.39, 0.29) is 12.0 Å². The first kappa shape index (κ1) is 11.1. The van der Waals surface area contributed by atoms with E-state index in [2.05, 4.69) is 0 Å². The van der Waals surface area contributed by atoms with Crippen molar-refractivity contribution in [3.8, 4) is 0 Å². The van der Waals surface area contributed by atoms with Gasteiger partial charge in [0.05, 0.1) is 19.1 Å². The molecule has 0 aromatic rings. The van der Waals surface area contributed by atoms with Crippen LogP contribution in [0.3, 0.4) is 0 Å². The molecule has 3 nitrogen and oxygen atoms in total. The van der Waals surface area contributed by atoms with Crippen molar-refractivity contribution >= 4 is 5.78 Å². The minimum Gasteiger partial charge on any atom is -0.379 e. The number of hydrogen-bond donors (Lipinski definition) is 1. The molecule has 0 aromatic heterocycles. The Hall–Kier alpha value is -0.410. The molecule has 2 atom stereocenters. The van der Waals surface area contributed by atoms with E-state index in [1.165, 1.54) is 32.1 Å². The Morgan fingerprint density at radius 1 is 1.20 bits per heavy atom. The third-order valence-electron chi connectivity index (χ3n) is 3.75. The summed E-state index contributed by atoms with van der Waals surface area (Å²) in [6.07, 6.45) is 7.14. The van der Waals surface area contributed by atoms with Crippen LogP contribution in [-0.4, -0.2) is 25.0 Å². The van der Waals surface area contributed by atoms with Crippen LogP contribution in [0, 0.1) is 11.8 Å². The van der Waals surface area contributed by atoms with Crippen LogP contribution in [0.2, 0.25) is 0 Å². The van der Waals surface area contributed by atoms with Gasteiger partial charge in [0.15, 0.2) is 0 Å². The summed E-state index contributed by atoms with van der Waals surface area (Å²) >= 11 is 0. The molecule has 1 heterocycles. The zero-order valence-corrected chi connectivity index (χ0v) is 9.28. The lowest BCUT2D eigenvalue weighted by atomic mass is 9.83. The first-order valence-corrected chi connectivity index (χ1v) is 6.13. The largest absolute Gasteiger partial charge is 0.379 e. The van der Waals surface area contributed by atoms with E-state index in [0.29, 0.717) is 24.9 Å². The SMILES string of the molecule is NC1COCC1C(=O)CC1CCCCC1. The van der Waals surface area contributed by atoms with Crippen LogP contribution in [0.4, 0.5) is 0 Å². The van der Waals surface area contributed by atoms with Crippen LogP contribution in [0.1, 0.15) is 38.5 Å². The van der Waals surface area contributed by atoms with Gasteiger partial charge in [0, 0.05) is 12.5 Å². The van der Waals surface area contributed by atoms with Gasteiger partial charge < -0.3 is 10.5 Å². The van der Waals surface area contributed by atoms with Gasteiger partial charge in [0.25, 0.3) is 0 Å². The van der Waals surface area contributed by atoms with Crippen LogP contribution >= 0.6 is 0 Å². The van der Waals surface area contributed by atoms with Gasteiger partial charge in [-0.05, 0) is 5.92 Å². The highest BCUT2D eigenvalue weighted by atomic mass is 16.5. The highest BCUT2D eigenvalue weighted by Crippen LogP contribution is 2.28. The summed E-state index contributed by atoms with van der Waals surface area (Å²) in [6, 6.07) is -0.0545. The van der Waals surface area contributed by atoms with Crippen LogP contribution in [-0.2, 0) is 9.53 Å². The van der Waals surface area contributed by atoms with Crippen molar-refractivity contribution in [2.45, 2.75) is 44.6 Å². The zero-order valence-electron chi connectivity index (χ0n) is 9.28. The second-order valence-electron chi connectivity index (χ2n) is 4.98. The normalized spacial score (nSPS) is 33.1. The van der Waals surface area contributed by atoms with Gasteiger partial charge in [-0.15, -0.1) is 0 Å². The Morgan fingerprint density at radius 3 is 2.53 bits per heavy atom. The zero-order chi connectivity index (χ0) is 10.7. The lowest BCUT2D eigenvalue weighted by molar-refractivity contribution is -0.124. The van der Waals surface area contributed by atoms with Gasteiger partial charge in [-0.25, -0.2) is 0 Å². The molecule has 0 radical (unpaired) electrons. The maximum atomic E-state index is 12.0. The Labute approximate surface area is 91.4 Å². The summed E-state index contributed by atoms with van der Waals surface area (Å²) in [5.41, 5.74) is 5.84. The van der Waals surface area contributed by atoms with Crippen molar-refractivity contribution in [3.63, 3.8) is 0 Å². The highest BCUT2D eigenvalue weighted by Gasteiger charge is 2.32. The second kappa shape index (κ2) is 5.08. The Balaban J connectivity index is 1.80. The van der Waals surface area contributed by atoms with E-state index in [1.807, 2.05) is 0 Å². The van der Waals surface area contributed by atoms with E-state index in [9.17, 15) is 4.79 Å². The maximum absolute atomic E-state index is 12.0. The second-order valence-corrected chi connectivity index (χ2v) is 4.98. The lowest BCUT2D eigenvalue weighted by Crippen LogP contribution is -2.35. The molecule has 0 bridgehead atoms. The van der Waals surface area contributed by atoms with Crippen molar-refractivity contribution in [1.82, 2.24) is 0 Å². The highest BCUT2D eigenvalue weighted by molar-refractivity contribution is 5.82. The fourth-order valence-corrected chi connectivity index (χ4v) is 2.73. The molecule has 1 aliphatic heterocycles. The van der Waals surface area contributed by atoms with E-state index in [4.69, 9.17) is 10.5 Å². The van der Waals surface area contributed by atoms with Crippen LogP contribution in [0.25, 0.3) is 0 Å². The van der Waals surface area contributed by atoms with Gasteiger partial charge in [-0.2, -0.15) is 0 Å². The molecule has 2 fully saturated rings. The minimum atomic E-state index is -0.0545. The Kier molecular flexibility index (Phi) is 3.76. The molecule has 2 aliphatic rings. The molecule has 1 saturated heterocycles. The third-order valence-corrected chi connectivity index (χ3v) is 3.75. The monoisotopic (exact) mass is 211 g/mol. The molecule has 2 N–H and O–H groups in total. The first-order valence-electron chi connectivity index (χ1n) is 6.13. The molecule has 0 amide bonds. The molecule has 2 rings (SSSR count). The van der Waals surface area contributed by atoms with Crippen molar-refractivity contribution in [2.75, 3.05) is 13.2 Å². The number of Topliss-reactive ketones (excluding diaryl/α,β-unsaturated/α-hetero) is 1. The molecule has 3 heteroatoms. The maximum Gasteiger partial charge on any atom is 0.140 e. The van der Waals surface area contributed by atoms with E-state index < -0.39 is 0 Å². The summed E-state index contributed by atoms with van der Waals surface area (Å²) < 4.78 is 5.23. The number of nitrogens with two attached hydrogens (primary N) is 1. The number of hydrogen-bond acceptors (Lipinski definition) is 3. The predicted octanol–water partition coefficient (Wildman–Crippen LogP) is 1.50. The fraction of sp³-hybridized carbons (Fsp3) is 0.917. The molecule has 15 heavy (non-hydrogen) atoms. The molecular weight excluding hydrogens is 190 g/mol. The molecule has 0 aromatic carbocycles. The number of rotatable bonds is 3. The number of carbonyl (C=O) groups excluding carboxylic acids is 1. The minimum absolute atomic E-state index is 0.0214. The molecule has 0 spiro atoms. The summed E-state index contributed by atoms with van der Waals surface area (Å²) in [7, 11) is 0. The van der Waals surface area contributed by atoms with E-state index >= 15 is 0 Å². The van der Waals surface area contributed by atoms with Gasteiger partial charge in [-0.1, -0.05) is 32.1 Å². The van der Waals surface area contributed by atoms with Crippen LogP contribution in [0.15, 0.2) is 0 Å². The smallest absolute Gasteiger partial charge is 0.140 e. The molecule has 1 aliphatic carbocycles. The Bertz CT molecular complexity index is 224. The predicted molar refractivity (Wildman–Crippen MR) is 58.5 cm³/mol. The first-order chi connectivity index (χ1) is 7.27. The van der Waals surface area contributed by atoms with Gasteiger partial charge in [-0.3, -0.25) is 4.79 Å². The van der Waals surface area contributed by atoms with E-state index in [0.717, 1.165) is 6.42 Å². The average Bonchev–Trinajstić information content (AvgIpc) is 2.66. The van der Waals surface area contributed by atoms with Gasteiger partial charge in [0.1, 0.15) is 5.78 Å². The standard InChI is InChI=1S/C12H21NO2/c13-11-8-15-7-10(11)12(14)6-9-4-2-1-3-5-9/h9-11H,1-8,13H2. The quantitative estimate of drug-likeness (QED) is 0.769. The lowest BCUT2D eigenvalue weighted by Gasteiger charge is -2.22. The number of ether oxygens (including phenoxy) is 1. The summed E-state index contributed by atoms with van der Waals surface area (Å²) in [6.45, 7) is 1.10. The van der Waals surface area contributed by atoms with Gasteiger partial charge in [0.2, 0.25) is 0 Å². The van der Waals surface area contributed by atoms with Crippen molar-refractivity contribution in [1.29, 1.82) is 0 Å². The number of ketones is 1. The summed E-state index contributed by atoms with van der Waals surface area (Å²) in [5.74, 6) is 0.942. The molecular formula is C12H21NO2. The molecule has 2 unspecified atom stereocenters. The topological polar surface area (TPSA) is 52.3 Å². The van der Waals surface area contributed by atoms with Crippen molar-refractivity contribution in [3.05, 3.63) is 0 Å². The van der Waals surface area contributed by atoms with Crippen LogP contribution < -0.4 is 5.73 Å². The van der Waals surface area contributed by atoms with Crippen LogP contribution in [0.5, 0.6) is 0 Å². The summed E-state index contributed by atoms with van der Waals surface area (Å²) in [5, 5.41) is 0. The molecule has 86 valence electrons. The summed E-state index contributed by atoms with van der Waals surface area (Å²) in [4.78, 5) is 12.0. The Morgan fingerprint density at radius 2 is 1.93 bits per heavy atom. The molecule has 1 saturated carbocycles. The van der Waals surface area contributed by atoms with Crippen molar-refractivity contribution in [2.24, 2.45) is 17.6 Å². The fourth-order valence-electron chi connectivity index (χ4n) is 2.73. The van der Waals surface area contributed by atoms with Crippen molar-refractivity contribution < 1.29 is 9.53 Å².